The van der Waals surface area contributed by atoms with Crippen LogP contribution < -0.4 is 4.90 Å². The lowest BCUT2D eigenvalue weighted by Gasteiger charge is -2.20. The fourth-order valence-corrected chi connectivity index (χ4v) is 3.03. The van der Waals surface area contributed by atoms with Gasteiger partial charge in [-0.05, 0) is 56.5 Å². The summed E-state index contributed by atoms with van der Waals surface area (Å²) in [4.78, 5) is 12.9. The number of aromatic carboxylic acids is 1. The molecule has 2 rings (SSSR count). The predicted molar refractivity (Wildman–Crippen MR) is 77.5 cm³/mol. The molecule has 0 saturated carbocycles. The highest BCUT2D eigenvalue weighted by Gasteiger charge is 2.10. The third kappa shape index (κ3) is 2.91. The molecule has 0 unspecified atom stereocenters. The van der Waals surface area contributed by atoms with Crippen LogP contribution >= 0.6 is 27.3 Å². The first-order chi connectivity index (χ1) is 8.58. The Morgan fingerprint density at radius 1 is 1.44 bits per heavy atom. The molecule has 0 atom stereocenters. The summed E-state index contributed by atoms with van der Waals surface area (Å²) in [5, 5.41) is 13.1. The van der Waals surface area contributed by atoms with Crippen LogP contribution in [0.4, 0.5) is 5.69 Å². The molecule has 94 valence electrons. The van der Waals surface area contributed by atoms with Gasteiger partial charge in [0.1, 0.15) is 0 Å². The van der Waals surface area contributed by atoms with Crippen molar-refractivity contribution in [3.63, 3.8) is 0 Å². The molecule has 1 N–H and O–H groups in total. The molecule has 1 aromatic heterocycles. The van der Waals surface area contributed by atoms with E-state index in [0.29, 0.717) is 0 Å². The van der Waals surface area contributed by atoms with E-state index in [1.165, 1.54) is 5.56 Å². The van der Waals surface area contributed by atoms with Crippen molar-refractivity contribution in [3.8, 4) is 0 Å². The molecule has 5 heteroatoms. The summed E-state index contributed by atoms with van der Waals surface area (Å²) >= 11 is 5.09. The Labute approximate surface area is 118 Å². The monoisotopic (exact) mass is 325 g/mol. The summed E-state index contributed by atoms with van der Waals surface area (Å²) in [6.45, 7) is 0.800. The average Bonchev–Trinajstić information content (AvgIpc) is 2.81. The minimum absolute atomic E-state index is 0.287. The number of hydrogen-bond acceptors (Lipinski definition) is 3. The molecular weight excluding hydrogens is 314 g/mol. The van der Waals surface area contributed by atoms with Gasteiger partial charge >= 0.3 is 5.97 Å². The van der Waals surface area contributed by atoms with Gasteiger partial charge in [-0.1, -0.05) is 0 Å². The van der Waals surface area contributed by atoms with Gasteiger partial charge in [-0.2, -0.15) is 11.3 Å². The second-order valence-corrected chi connectivity index (χ2v) is 5.59. The van der Waals surface area contributed by atoms with Gasteiger partial charge in [-0.15, -0.1) is 0 Å². The molecule has 1 heterocycles. The van der Waals surface area contributed by atoms with Crippen molar-refractivity contribution in [2.24, 2.45) is 0 Å². The number of anilines is 1. The van der Waals surface area contributed by atoms with Gasteiger partial charge in [0, 0.05) is 18.1 Å². The molecule has 1 aromatic carbocycles. The second kappa shape index (κ2) is 5.54. The standard InChI is InChI=1S/C13H12BrNO2S/c1-15(7-9-4-5-18-8-9)12-3-2-10(13(16)17)6-11(12)14/h2-6,8H,7H2,1H3,(H,16,17). The third-order valence-electron chi connectivity index (χ3n) is 2.61. The number of nitrogens with zero attached hydrogens (tertiary/aromatic N) is 1. The lowest BCUT2D eigenvalue weighted by molar-refractivity contribution is 0.0697. The predicted octanol–water partition coefficient (Wildman–Crippen LogP) is 3.85. The first kappa shape index (κ1) is 13.1. The Balaban J connectivity index is 2.20. The number of thiophene rings is 1. The number of halogens is 1. The van der Waals surface area contributed by atoms with Crippen LogP contribution in [0, 0.1) is 0 Å². The summed E-state index contributed by atoms with van der Waals surface area (Å²) in [7, 11) is 1.98. The highest BCUT2D eigenvalue weighted by Crippen LogP contribution is 2.28. The van der Waals surface area contributed by atoms with Crippen molar-refractivity contribution in [2.45, 2.75) is 6.54 Å². The normalized spacial score (nSPS) is 10.3. The molecule has 0 bridgehead atoms. The lowest BCUT2D eigenvalue weighted by Crippen LogP contribution is -2.16. The van der Waals surface area contributed by atoms with Gasteiger partial charge in [0.25, 0.3) is 0 Å². The summed E-state index contributed by atoms with van der Waals surface area (Å²) in [6, 6.07) is 7.15. The number of rotatable bonds is 4. The molecule has 3 nitrogen and oxygen atoms in total. The summed E-state index contributed by atoms with van der Waals surface area (Å²) in [5.74, 6) is -0.914. The molecule has 0 radical (unpaired) electrons. The van der Waals surface area contributed by atoms with E-state index in [1.54, 1.807) is 23.5 Å². The van der Waals surface area contributed by atoms with E-state index < -0.39 is 5.97 Å². The number of carboxylic acid groups (broad SMARTS) is 1. The first-order valence-electron chi connectivity index (χ1n) is 5.33. The van der Waals surface area contributed by atoms with Crippen LogP contribution in [0.25, 0.3) is 0 Å². The van der Waals surface area contributed by atoms with Crippen LogP contribution in [0.3, 0.4) is 0 Å². The van der Waals surface area contributed by atoms with Crippen LogP contribution in [-0.4, -0.2) is 18.1 Å². The van der Waals surface area contributed by atoms with E-state index in [-0.39, 0.29) is 5.56 Å². The molecular formula is C13H12BrNO2S. The van der Waals surface area contributed by atoms with Crippen LogP contribution in [0.5, 0.6) is 0 Å². The maximum atomic E-state index is 10.9. The molecule has 0 aliphatic heterocycles. The van der Waals surface area contributed by atoms with Crippen LogP contribution in [0.2, 0.25) is 0 Å². The Kier molecular flexibility index (Phi) is 4.04. The van der Waals surface area contributed by atoms with Crippen molar-refractivity contribution in [2.75, 3.05) is 11.9 Å². The lowest BCUT2D eigenvalue weighted by atomic mass is 10.2. The zero-order chi connectivity index (χ0) is 13.1. The zero-order valence-electron chi connectivity index (χ0n) is 9.76. The van der Waals surface area contributed by atoms with Gasteiger partial charge in [0.05, 0.1) is 11.3 Å². The quantitative estimate of drug-likeness (QED) is 0.928. The first-order valence-corrected chi connectivity index (χ1v) is 7.06. The van der Waals surface area contributed by atoms with Gasteiger partial charge in [-0.25, -0.2) is 4.79 Å². The molecule has 0 spiro atoms. The molecule has 0 aliphatic rings. The fourth-order valence-electron chi connectivity index (χ4n) is 1.69. The number of carboxylic acids is 1. The van der Waals surface area contributed by atoms with E-state index in [1.807, 2.05) is 18.5 Å². The zero-order valence-corrected chi connectivity index (χ0v) is 12.2. The van der Waals surface area contributed by atoms with Crippen molar-refractivity contribution in [3.05, 3.63) is 50.6 Å². The maximum Gasteiger partial charge on any atom is 0.335 e. The summed E-state index contributed by atoms with van der Waals surface area (Å²) in [5.41, 5.74) is 2.51. The van der Waals surface area contributed by atoms with E-state index in [0.717, 1.165) is 16.7 Å². The van der Waals surface area contributed by atoms with E-state index in [9.17, 15) is 4.79 Å². The topological polar surface area (TPSA) is 40.5 Å². The highest BCUT2D eigenvalue weighted by atomic mass is 79.9. The fraction of sp³-hybridized carbons (Fsp3) is 0.154. The molecule has 0 saturated heterocycles. The van der Waals surface area contributed by atoms with Crippen LogP contribution in [-0.2, 0) is 6.54 Å². The van der Waals surface area contributed by atoms with Crippen molar-refractivity contribution < 1.29 is 9.90 Å². The Hall–Kier alpha value is -1.33. The highest BCUT2D eigenvalue weighted by molar-refractivity contribution is 9.10. The Morgan fingerprint density at radius 2 is 2.22 bits per heavy atom. The van der Waals surface area contributed by atoms with Crippen molar-refractivity contribution in [1.82, 2.24) is 0 Å². The molecule has 0 aliphatic carbocycles. The number of benzene rings is 1. The van der Waals surface area contributed by atoms with Crippen molar-refractivity contribution in [1.29, 1.82) is 0 Å². The molecule has 0 amide bonds. The maximum absolute atomic E-state index is 10.9. The molecule has 2 aromatic rings. The van der Waals surface area contributed by atoms with Gasteiger partial charge in [0.15, 0.2) is 0 Å². The van der Waals surface area contributed by atoms with Crippen LogP contribution in [0.1, 0.15) is 15.9 Å². The molecule has 0 fully saturated rings. The van der Waals surface area contributed by atoms with Crippen LogP contribution in [0.15, 0.2) is 39.5 Å². The van der Waals surface area contributed by atoms with Gasteiger partial charge in [-0.3, -0.25) is 0 Å². The number of carbonyl (C=O) groups is 1. The second-order valence-electron chi connectivity index (χ2n) is 3.96. The summed E-state index contributed by atoms with van der Waals surface area (Å²) < 4.78 is 0.792. The SMILES string of the molecule is CN(Cc1ccsc1)c1ccc(C(=O)O)cc1Br. The third-order valence-corrected chi connectivity index (χ3v) is 3.97. The Bertz CT molecular complexity index is 554. The van der Waals surface area contributed by atoms with E-state index >= 15 is 0 Å². The minimum Gasteiger partial charge on any atom is -0.478 e. The van der Waals surface area contributed by atoms with E-state index in [4.69, 9.17) is 5.11 Å². The van der Waals surface area contributed by atoms with Gasteiger partial charge in [0.2, 0.25) is 0 Å². The molecule has 18 heavy (non-hydrogen) atoms. The van der Waals surface area contributed by atoms with E-state index in [2.05, 4.69) is 32.3 Å². The summed E-state index contributed by atoms with van der Waals surface area (Å²) in [6.07, 6.45) is 0. The Morgan fingerprint density at radius 3 is 2.78 bits per heavy atom. The van der Waals surface area contributed by atoms with Gasteiger partial charge < -0.3 is 10.0 Å². The minimum atomic E-state index is -0.914. The largest absolute Gasteiger partial charge is 0.478 e. The smallest absolute Gasteiger partial charge is 0.335 e. The number of hydrogen-bond donors (Lipinski definition) is 1. The average molecular weight is 326 g/mol. The van der Waals surface area contributed by atoms with Crippen molar-refractivity contribution >= 4 is 38.9 Å².